The van der Waals surface area contributed by atoms with E-state index < -0.39 is 11.6 Å². The summed E-state index contributed by atoms with van der Waals surface area (Å²) in [6.45, 7) is 0.0846. The third kappa shape index (κ3) is 3.54. The van der Waals surface area contributed by atoms with Gasteiger partial charge in [0.05, 0.1) is 18.4 Å². The van der Waals surface area contributed by atoms with E-state index in [0.717, 1.165) is 43.6 Å². The maximum atomic E-state index is 14.2. The van der Waals surface area contributed by atoms with Gasteiger partial charge in [0.15, 0.2) is 17.4 Å². The number of benzene rings is 1. The van der Waals surface area contributed by atoms with Crippen LogP contribution in [0.25, 0.3) is 5.70 Å². The van der Waals surface area contributed by atoms with Gasteiger partial charge in [-0.15, -0.1) is 0 Å². The molecule has 5 heteroatoms. The van der Waals surface area contributed by atoms with Crippen molar-refractivity contribution in [2.75, 3.05) is 6.61 Å². The molecule has 1 aromatic rings. The highest BCUT2D eigenvalue weighted by Crippen LogP contribution is 2.43. The molecule has 0 aliphatic heterocycles. The van der Waals surface area contributed by atoms with Gasteiger partial charge in [0, 0.05) is 17.1 Å². The number of carbonyl (C=O) groups excluding carboxylic acids is 1. The first-order chi connectivity index (χ1) is 12.5. The fourth-order valence-corrected chi connectivity index (χ4v) is 4.53. The molecule has 26 heavy (non-hydrogen) atoms. The number of halogens is 2. The number of hydrogen-bond acceptors (Lipinski definition) is 3. The van der Waals surface area contributed by atoms with E-state index >= 15 is 0 Å². The standard InChI is InChI=1S/C21H25F2NO2/c22-18-3-1-2-16(19(18)23)20(24)17(21(25)14-6-7-14)11-26-15-9-12-4-5-13(8-12)10-15/h1-3,12-15H,4-11,24H2/t12-,13?,15?/m1/s1. The van der Waals surface area contributed by atoms with Crippen molar-refractivity contribution < 1.29 is 18.3 Å². The van der Waals surface area contributed by atoms with Gasteiger partial charge in [-0.3, -0.25) is 4.79 Å². The zero-order chi connectivity index (χ0) is 18.3. The van der Waals surface area contributed by atoms with Gasteiger partial charge in [0.25, 0.3) is 0 Å². The summed E-state index contributed by atoms with van der Waals surface area (Å²) >= 11 is 0. The van der Waals surface area contributed by atoms with Gasteiger partial charge in [-0.1, -0.05) is 18.9 Å². The molecule has 3 aliphatic carbocycles. The highest BCUT2D eigenvalue weighted by molar-refractivity contribution is 6.04. The van der Waals surface area contributed by atoms with Gasteiger partial charge in [-0.25, -0.2) is 8.78 Å². The van der Waals surface area contributed by atoms with Crippen LogP contribution in [0.4, 0.5) is 8.78 Å². The third-order valence-electron chi connectivity index (χ3n) is 6.12. The predicted octanol–water partition coefficient (Wildman–Crippen LogP) is 4.21. The highest BCUT2D eigenvalue weighted by Gasteiger charge is 2.36. The lowest BCUT2D eigenvalue weighted by Crippen LogP contribution is -2.26. The van der Waals surface area contributed by atoms with Crippen LogP contribution in [0.5, 0.6) is 0 Å². The topological polar surface area (TPSA) is 52.3 Å². The molecular weight excluding hydrogens is 336 g/mol. The molecule has 4 rings (SSSR count). The first-order valence-corrected chi connectivity index (χ1v) is 9.61. The largest absolute Gasteiger partial charge is 0.398 e. The summed E-state index contributed by atoms with van der Waals surface area (Å²) in [6, 6.07) is 3.86. The minimum atomic E-state index is -1.01. The molecule has 140 valence electrons. The summed E-state index contributed by atoms with van der Waals surface area (Å²) < 4.78 is 33.8. The molecular formula is C21H25F2NO2. The van der Waals surface area contributed by atoms with Crippen molar-refractivity contribution in [2.45, 2.75) is 51.0 Å². The number of Topliss-reactive ketones (excluding diaryl/α,β-unsaturated/α-hetero) is 1. The van der Waals surface area contributed by atoms with Crippen LogP contribution < -0.4 is 5.73 Å². The van der Waals surface area contributed by atoms with Crippen molar-refractivity contribution in [3.63, 3.8) is 0 Å². The number of ether oxygens (including phenoxy) is 1. The smallest absolute Gasteiger partial charge is 0.168 e. The first kappa shape index (κ1) is 17.7. The minimum absolute atomic E-state index is 0.0117. The second kappa shape index (κ2) is 7.10. The summed E-state index contributed by atoms with van der Waals surface area (Å²) in [5.74, 6) is -0.654. The Balaban J connectivity index is 1.56. The molecule has 0 amide bonds. The Morgan fingerprint density at radius 1 is 1.08 bits per heavy atom. The Morgan fingerprint density at radius 2 is 1.77 bits per heavy atom. The van der Waals surface area contributed by atoms with Gasteiger partial charge < -0.3 is 10.5 Å². The molecule has 0 spiro atoms. The summed E-state index contributed by atoms with van der Waals surface area (Å²) in [5, 5.41) is 0. The lowest BCUT2D eigenvalue weighted by Gasteiger charge is -2.28. The Labute approximate surface area is 152 Å². The van der Waals surface area contributed by atoms with Crippen LogP contribution in [0, 0.1) is 29.4 Å². The SMILES string of the molecule is NC(=C(COC1CC2CC[C@H](C2)C1)C(=O)C1CC1)c1cccc(F)c1F. The Bertz CT molecular complexity index is 730. The molecule has 2 N–H and O–H groups in total. The normalized spacial score (nSPS) is 28.8. The van der Waals surface area contributed by atoms with Crippen LogP contribution in [0.15, 0.2) is 23.8 Å². The van der Waals surface area contributed by atoms with Crippen LogP contribution in [0.1, 0.15) is 50.5 Å². The van der Waals surface area contributed by atoms with Crippen molar-refractivity contribution >= 4 is 11.5 Å². The van der Waals surface area contributed by atoms with Crippen LogP contribution in [0.3, 0.4) is 0 Å². The van der Waals surface area contributed by atoms with E-state index in [1.165, 1.54) is 31.4 Å². The maximum Gasteiger partial charge on any atom is 0.168 e. The van der Waals surface area contributed by atoms with Crippen LogP contribution >= 0.6 is 0 Å². The lowest BCUT2D eigenvalue weighted by molar-refractivity contribution is -0.117. The number of carbonyl (C=O) groups is 1. The summed E-state index contributed by atoms with van der Waals surface area (Å²) in [7, 11) is 0. The van der Waals surface area contributed by atoms with E-state index in [1.807, 2.05) is 0 Å². The molecule has 3 saturated carbocycles. The molecule has 3 nitrogen and oxygen atoms in total. The predicted molar refractivity (Wildman–Crippen MR) is 95.0 cm³/mol. The van der Waals surface area contributed by atoms with E-state index in [4.69, 9.17) is 10.5 Å². The summed E-state index contributed by atoms with van der Waals surface area (Å²) in [5.41, 5.74) is 6.39. The number of hydrogen-bond donors (Lipinski definition) is 1. The Kier molecular flexibility index (Phi) is 4.82. The Morgan fingerprint density at radius 3 is 2.42 bits per heavy atom. The molecule has 0 saturated heterocycles. The Hall–Kier alpha value is -1.75. The number of nitrogens with two attached hydrogens (primary N) is 1. The third-order valence-corrected chi connectivity index (χ3v) is 6.12. The van der Waals surface area contributed by atoms with Gasteiger partial charge in [-0.05, 0) is 56.1 Å². The average molecular weight is 361 g/mol. The van der Waals surface area contributed by atoms with Crippen molar-refractivity contribution in [1.82, 2.24) is 0 Å². The van der Waals surface area contributed by atoms with Gasteiger partial charge in [0.1, 0.15) is 0 Å². The molecule has 0 aromatic heterocycles. The maximum absolute atomic E-state index is 14.2. The first-order valence-electron chi connectivity index (χ1n) is 9.61. The molecule has 0 radical (unpaired) electrons. The molecule has 3 atom stereocenters. The van der Waals surface area contributed by atoms with E-state index in [0.29, 0.717) is 5.57 Å². The molecule has 2 unspecified atom stereocenters. The average Bonchev–Trinajstić information content (AvgIpc) is 3.42. The van der Waals surface area contributed by atoms with E-state index in [2.05, 4.69) is 0 Å². The number of ketones is 1. The molecule has 3 fully saturated rings. The van der Waals surface area contributed by atoms with Gasteiger partial charge in [0.2, 0.25) is 0 Å². The fraction of sp³-hybridized carbons (Fsp3) is 0.571. The molecule has 3 aliphatic rings. The second-order valence-electron chi connectivity index (χ2n) is 8.08. The van der Waals surface area contributed by atoms with Crippen molar-refractivity contribution in [3.05, 3.63) is 41.0 Å². The molecule has 1 aromatic carbocycles. The monoisotopic (exact) mass is 361 g/mol. The van der Waals surface area contributed by atoms with Gasteiger partial charge in [-0.2, -0.15) is 0 Å². The minimum Gasteiger partial charge on any atom is -0.398 e. The van der Waals surface area contributed by atoms with Crippen LogP contribution in [0.2, 0.25) is 0 Å². The quantitative estimate of drug-likeness (QED) is 0.772. The zero-order valence-corrected chi connectivity index (χ0v) is 14.8. The lowest BCUT2D eigenvalue weighted by atomic mass is 9.87. The van der Waals surface area contributed by atoms with Crippen LogP contribution in [-0.4, -0.2) is 18.5 Å². The van der Waals surface area contributed by atoms with Crippen molar-refractivity contribution in [3.8, 4) is 0 Å². The van der Waals surface area contributed by atoms with Crippen LogP contribution in [-0.2, 0) is 9.53 Å². The molecule has 2 bridgehead atoms. The molecule has 0 heterocycles. The van der Waals surface area contributed by atoms with E-state index in [9.17, 15) is 13.6 Å². The van der Waals surface area contributed by atoms with Gasteiger partial charge >= 0.3 is 0 Å². The highest BCUT2D eigenvalue weighted by atomic mass is 19.2. The van der Waals surface area contributed by atoms with E-state index in [-0.39, 0.29) is 35.7 Å². The second-order valence-corrected chi connectivity index (χ2v) is 8.08. The summed E-state index contributed by atoms with van der Waals surface area (Å²) in [6.07, 6.45) is 7.67. The summed E-state index contributed by atoms with van der Waals surface area (Å²) in [4.78, 5) is 12.7. The fourth-order valence-electron chi connectivity index (χ4n) is 4.53. The van der Waals surface area contributed by atoms with Crippen molar-refractivity contribution in [2.24, 2.45) is 23.5 Å². The van der Waals surface area contributed by atoms with E-state index in [1.54, 1.807) is 0 Å². The zero-order valence-electron chi connectivity index (χ0n) is 14.8. The number of fused-ring (bicyclic) bond motifs is 2. The number of rotatable bonds is 6. The van der Waals surface area contributed by atoms with Crippen molar-refractivity contribution in [1.29, 1.82) is 0 Å².